The van der Waals surface area contributed by atoms with Crippen LogP contribution < -0.4 is 29.6 Å². The summed E-state index contributed by atoms with van der Waals surface area (Å²) in [5.41, 5.74) is 17.3. The normalized spacial score (nSPS) is 10.4. The number of ketones is 1. The Labute approximate surface area is 175 Å². The molecular weight excluding hydrogens is 383 g/mol. The molecule has 130 valence electrons. The minimum Gasteiger partial charge on any atom is -0.744 e. The largest absolute Gasteiger partial charge is 1.00 e. The van der Waals surface area contributed by atoms with Crippen LogP contribution in [0.2, 0.25) is 0 Å². The van der Waals surface area contributed by atoms with E-state index in [2.05, 4.69) is 20.1 Å². The monoisotopic (exact) mass is 392 g/mol. The molecule has 27 heavy (non-hydrogen) atoms. The van der Waals surface area contributed by atoms with Gasteiger partial charge in [-0.3, -0.25) is 4.79 Å². The molecule has 0 aliphatic heterocycles. The van der Waals surface area contributed by atoms with Gasteiger partial charge in [0.15, 0.2) is 5.78 Å². The van der Waals surface area contributed by atoms with E-state index < -0.39 is 20.8 Å². The molecule has 0 fully saturated rings. The van der Waals surface area contributed by atoms with Crippen LogP contribution in [0.5, 0.6) is 0 Å². The predicted molar refractivity (Wildman–Crippen MR) is 91.8 cm³/mol. The topological polar surface area (TPSA) is 172 Å². The molecule has 0 unspecified atom stereocenters. The number of carbonyl (C=O) groups excluding carboxylic acids is 1. The van der Waals surface area contributed by atoms with Crippen LogP contribution in [0, 0.1) is 0 Å². The van der Waals surface area contributed by atoms with Crippen LogP contribution >= 0.6 is 0 Å². The predicted octanol–water partition coefficient (Wildman–Crippen LogP) is 1.37. The number of hydrogen-bond donors (Lipinski definition) is 0. The van der Waals surface area contributed by atoms with E-state index in [0.29, 0.717) is 11.3 Å². The van der Waals surface area contributed by atoms with Crippen molar-refractivity contribution in [2.45, 2.75) is 4.90 Å². The molecule has 0 amide bonds. The summed E-state index contributed by atoms with van der Waals surface area (Å²) >= 11 is 0. The molecule has 0 aliphatic carbocycles. The summed E-state index contributed by atoms with van der Waals surface area (Å²) in [6, 6.07) is 9.42. The second kappa shape index (κ2) is 9.91. The van der Waals surface area contributed by atoms with Gasteiger partial charge in [-0.15, -0.1) is 0 Å². The van der Waals surface area contributed by atoms with Gasteiger partial charge in [0.2, 0.25) is 0 Å². The molecule has 0 radical (unpaired) electrons. The molecule has 2 aromatic carbocycles. The van der Waals surface area contributed by atoms with E-state index in [9.17, 15) is 17.8 Å². The second-order valence-corrected chi connectivity index (χ2v) is 6.15. The standard InChI is InChI=1S/C15H10N6O4S.Na/c16-20-18-11-4-1-10(2-5-11)3-8-14(22)13-7-6-12(19-21-17)9-15(13)26(23,24)25;/h1-9H,(H,23,24,25);/q;+1/p-1/b8-3+;. The van der Waals surface area contributed by atoms with E-state index in [-0.39, 0.29) is 40.8 Å². The Morgan fingerprint density at radius 3 is 2.11 bits per heavy atom. The third kappa shape index (κ3) is 6.24. The summed E-state index contributed by atoms with van der Waals surface area (Å²) in [6.45, 7) is 0. The Bertz CT molecular complexity index is 1090. The van der Waals surface area contributed by atoms with Gasteiger partial charge in [-0.05, 0) is 34.8 Å². The van der Waals surface area contributed by atoms with E-state index in [0.717, 1.165) is 18.2 Å². The van der Waals surface area contributed by atoms with E-state index in [1.54, 1.807) is 12.1 Å². The molecule has 0 heterocycles. The zero-order valence-corrected chi connectivity index (χ0v) is 16.7. The molecule has 0 aromatic heterocycles. The van der Waals surface area contributed by atoms with Crippen LogP contribution in [-0.4, -0.2) is 18.8 Å². The number of carbonyl (C=O) groups is 1. The van der Waals surface area contributed by atoms with Gasteiger partial charge in [0.05, 0.1) is 4.90 Å². The van der Waals surface area contributed by atoms with Crippen molar-refractivity contribution in [3.05, 3.63) is 80.6 Å². The summed E-state index contributed by atoms with van der Waals surface area (Å²) in [5.74, 6) is -0.717. The number of nitrogens with zero attached hydrogens (tertiary/aromatic N) is 6. The minimum atomic E-state index is -4.95. The first-order chi connectivity index (χ1) is 12.3. The molecule has 0 atom stereocenters. The van der Waals surface area contributed by atoms with E-state index >= 15 is 0 Å². The molecule has 0 N–H and O–H groups in total. The number of rotatable bonds is 6. The Balaban J connectivity index is 0.00000364. The Morgan fingerprint density at radius 1 is 1.00 bits per heavy atom. The Hall–Kier alpha value is -2.62. The van der Waals surface area contributed by atoms with E-state index in [4.69, 9.17) is 11.1 Å². The number of benzene rings is 2. The maximum absolute atomic E-state index is 12.3. The molecule has 0 bridgehead atoms. The van der Waals surface area contributed by atoms with E-state index in [1.807, 2.05) is 0 Å². The van der Waals surface area contributed by atoms with Crippen LogP contribution in [0.1, 0.15) is 15.9 Å². The fraction of sp³-hybridized carbons (Fsp3) is 0. The summed E-state index contributed by atoms with van der Waals surface area (Å²) in [5, 5.41) is 6.62. The van der Waals surface area contributed by atoms with Crippen molar-refractivity contribution in [1.82, 2.24) is 0 Å². The molecular formula is C15H9N6NaO4S. The third-order valence-corrected chi connectivity index (χ3v) is 4.02. The Morgan fingerprint density at radius 2 is 1.56 bits per heavy atom. The zero-order chi connectivity index (χ0) is 19.2. The molecule has 2 rings (SSSR count). The molecule has 2 aromatic rings. The maximum Gasteiger partial charge on any atom is 1.00 e. The molecule has 0 spiro atoms. The van der Waals surface area contributed by atoms with Crippen LogP contribution in [0.4, 0.5) is 11.4 Å². The first kappa shape index (κ1) is 22.4. The minimum absolute atomic E-state index is 0. The van der Waals surface area contributed by atoms with Crippen molar-refractivity contribution < 1.29 is 47.3 Å². The second-order valence-electron chi connectivity index (χ2n) is 4.80. The van der Waals surface area contributed by atoms with Gasteiger partial charge in [0.25, 0.3) is 0 Å². The Kier molecular flexibility index (Phi) is 8.23. The van der Waals surface area contributed by atoms with Crippen molar-refractivity contribution in [3.63, 3.8) is 0 Å². The van der Waals surface area contributed by atoms with Gasteiger partial charge in [-0.2, -0.15) is 0 Å². The van der Waals surface area contributed by atoms with Gasteiger partial charge in [0.1, 0.15) is 10.1 Å². The van der Waals surface area contributed by atoms with Crippen molar-refractivity contribution in [2.24, 2.45) is 10.2 Å². The van der Waals surface area contributed by atoms with E-state index in [1.165, 1.54) is 24.3 Å². The number of hydrogen-bond acceptors (Lipinski definition) is 6. The van der Waals surface area contributed by atoms with Gasteiger partial charge in [-0.1, -0.05) is 46.6 Å². The summed E-state index contributed by atoms with van der Waals surface area (Å²) in [6.07, 6.45) is 2.50. The van der Waals surface area contributed by atoms with Gasteiger partial charge in [-0.25, -0.2) is 8.42 Å². The average Bonchev–Trinajstić information content (AvgIpc) is 2.60. The maximum atomic E-state index is 12.3. The summed E-state index contributed by atoms with van der Waals surface area (Å²) < 4.78 is 34.1. The van der Waals surface area contributed by atoms with Crippen LogP contribution in [0.25, 0.3) is 27.0 Å². The van der Waals surface area contributed by atoms with Crippen molar-refractivity contribution in [1.29, 1.82) is 0 Å². The van der Waals surface area contributed by atoms with Crippen LogP contribution in [0.3, 0.4) is 0 Å². The van der Waals surface area contributed by atoms with Crippen molar-refractivity contribution in [3.8, 4) is 0 Å². The fourth-order valence-corrected chi connectivity index (χ4v) is 2.70. The number of allylic oxidation sites excluding steroid dienone is 1. The molecule has 10 nitrogen and oxygen atoms in total. The van der Waals surface area contributed by atoms with Gasteiger partial charge < -0.3 is 4.55 Å². The van der Waals surface area contributed by atoms with Gasteiger partial charge >= 0.3 is 29.6 Å². The quantitative estimate of drug-likeness (QED) is 0.137. The first-order valence-corrected chi connectivity index (χ1v) is 8.28. The first-order valence-electron chi connectivity index (χ1n) is 6.88. The third-order valence-electron chi connectivity index (χ3n) is 3.14. The fourth-order valence-electron chi connectivity index (χ4n) is 2.00. The SMILES string of the molecule is [N-]=[N+]=Nc1ccc(/C=C/C(=O)c2ccc(N=[N+]=[N-])cc2S(=O)(=O)[O-])cc1.[Na+]. The van der Waals surface area contributed by atoms with Crippen molar-refractivity contribution >= 4 is 33.4 Å². The molecule has 12 heteroatoms. The smallest absolute Gasteiger partial charge is 0.744 e. The molecule has 0 saturated heterocycles. The van der Waals surface area contributed by atoms with Gasteiger partial charge in [0, 0.05) is 26.8 Å². The average molecular weight is 392 g/mol. The summed E-state index contributed by atoms with van der Waals surface area (Å²) in [4.78, 5) is 16.6. The zero-order valence-electron chi connectivity index (χ0n) is 13.9. The summed E-state index contributed by atoms with van der Waals surface area (Å²) in [7, 11) is -4.95. The van der Waals surface area contributed by atoms with Crippen LogP contribution in [-0.2, 0) is 10.1 Å². The van der Waals surface area contributed by atoms with Crippen molar-refractivity contribution in [2.75, 3.05) is 0 Å². The molecule has 0 aliphatic rings. The molecule has 0 saturated carbocycles. The van der Waals surface area contributed by atoms with Crippen LogP contribution in [0.15, 0.2) is 63.7 Å². The number of azide groups is 2.